The molecule has 0 amide bonds. The van der Waals surface area contributed by atoms with E-state index in [1.807, 2.05) is 0 Å². The third-order valence-electron chi connectivity index (χ3n) is 4.78. The van der Waals surface area contributed by atoms with Crippen molar-refractivity contribution in [1.29, 1.82) is 0 Å². The molecule has 0 aliphatic carbocycles. The highest BCUT2D eigenvalue weighted by atomic mass is 15.2. The molecule has 0 saturated heterocycles. The number of fused-ring (bicyclic) bond motifs is 1. The highest BCUT2D eigenvalue weighted by Crippen LogP contribution is 2.23. The van der Waals surface area contributed by atoms with Gasteiger partial charge in [0.25, 0.3) is 0 Å². The lowest BCUT2D eigenvalue weighted by atomic mass is 9.93. The third kappa shape index (κ3) is 5.12. The molecule has 2 nitrogen and oxygen atoms in total. The summed E-state index contributed by atoms with van der Waals surface area (Å²) in [6.07, 6.45) is 10.8. The maximum Gasteiger partial charge on any atom is 0.0262 e. The van der Waals surface area contributed by atoms with Crippen molar-refractivity contribution in [3.63, 3.8) is 0 Å². The summed E-state index contributed by atoms with van der Waals surface area (Å²) in [4.78, 5) is 2.61. The summed E-state index contributed by atoms with van der Waals surface area (Å²) in [5.74, 6) is 0. The van der Waals surface area contributed by atoms with Gasteiger partial charge in [0.15, 0.2) is 0 Å². The Kier molecular flexibility index (Phi) is 7.25. The van der Waals surface area contributed by atoms with Crippen LogP contribution in [0.1, 0.15) is 63.0 Å². The van der Waals surface area contributed by atoms with Gasteiger partial charge in [0.05, 0.1) is 0 Å². The molecule has 1 heterocycles. The van der Waals surface area contributed by atoms with Gasteiger partial charge in [0, 0.05) is 19.1 Å². The molecule has 0 fully saturated rings. The fourth-order valence-corrected chi connectivity index (χ4v) is 3.41. The van der Waals surface area contributed by atoms with E-state index in [-0.39, 0.29) is 0 Å². The predicted octanol–water partition coefficient (Wildman–Crippen LogP) is 4.12. The molecule has 2 N–H and O–H groups in total. The number of nitrogens with zero attached hydrogens (tertiary/aromatic N) is 1. The van der Waals surface area contributed by atoms with E-state index in [1.54, 1.807) is 0 Å². The molecule has 2 rings (SSSR count). The van der Waals surface area contributed by atoms with Gasteiger partial charge in [-0.3, -0.25) is 4.90 Å². The highest BCUT2D eigenvalue weighted by Gasteiger charge is 2.23. The van der Waals surface area contributed by atoms with Crippen molar-refractivity contribution in [1.82, 2.24) is 4.90 Å². The number of rotatable bonds is 9. The van der Waals surface area contributed by atoms with Crippen molar-refractivity contribution in [3.05, 3.63) is 35.4 Å². The molecule has 0 saturated carbocycles. The predicted molar refractivity (Wildman–Crippen MR) is 91.4 cm³/mol. The Hall–Kier alpha value is -0.860. The molecule has 2 heteroatoms. The van der Waals surface area contributed by atoms with Crippen LogP contribution < -0.4 is 5.73 Å². The van der Waals surface area contributed by atoms with Crippen LogP contribution in [0.4, 0.5) is 0 Å². The Morgan fingerprint density at radius 3 is 2.38 bits per heavy atom. The first kappa shape index (κ1) is 16.5. The Morgan fingerprint density at radius 2 is 1.67 bits per heavy atom. The van der Waals surface area contributed by atoms with Crippen molar-refractivity contribution in [2.75, 3.05) is 13.1 Å². The zero-order chi connectivity index (χ0) is 14.9. The first-order valence-electron chi connectivity index (χ1n) is 8.86. The van der Waals surface area contributed by atoms with E-state index in [9.17, 15) is 0 Å². The monoisotopic (exact) mass is 288 g/mol. The summed E-state index contributed by atoms with van der Waals surface area (Å²) in [6, 6.07) is 9.40. The first-order chi connectivity index (χ1) is 10.3. The summed E-state index contributed by atoms with van der Waals surface area (Å²) in [5.41, 5.74) is 9.00. The lowest BCUT2D eigenvalue weighted by Crippen LogP contribution is -2.45. The van der Waals surface area contributed by atoms with Gasteiger partial charge in [-0.05, 0) is 30.5 Å². The number of unbranched alkanes of at least 4 members (excludes halogenated alkanes) is 6. The Morgan fingerprint density at radius 1 is 1.00 bits per heavy atom. The van der Waals surface area contributed by atoms with Crippen LogP contribution in [0, 0.1) is 0 Å². The molecule has 118 valence electrons. The van der Waals surface area contributed by atoms with Crippen LogP contribution in [0.25, 0.3) is 0 Å². The van der Waals surface area contributed by atoms with Crippen LogP contribution in [-0.2, 0) is 13.0 Å². The van der Waals surface area contributed by atoms with E-state index in [4.69, 9.17) is 5.73 Å². The Balaban J connectivity index is 1.72. The second-order valence-corrected chi connectivity index (χ2v) is 6.45. The van der Waals surface area contributed by atoms with Crippen molar-refractivity contribution < 1.29 is 0 Å². The maximum absolute atomic E-state index is 5.99. The molecule has 1 atom stereocenters. The fourth-order valence-electron chi connectivity index (χ4n) is 3.41. The fraction of sp³-hybridized carbons (Fsp3) is 0.684. The molecule has 1 aromatic rings. The van der Waals surface area contributed by atoms with Crippen molar-refractivity contribution in [2.24, 2.45) is 5.73 Å². The molecule has 0 bridgehead atoms. The molecular weight excluding hydrogens is 256 g/mol. The van der Waals surface area contributed by atoms with E-state index in [0.717, 1.165) is 19.5 Å². The second-order valence-electron chi connectivity index (χ2n) is 6.45. The highest BCUT2D eigenvalue weighted by molar-refractivity contribution is 5.30. The van der Waals surface area contributed by atoms with Crippen molar-refractivity contribution in [2.45, 2.75) is 70.9 Å². The lowest BCUT2D eigenvalue weighted by Gasteiger charge is -2.36. The minimum atomic E-state index is 0.542. The zero-order valence-electron chi connectivity index (χ0n) is 13.7. The average molecular weight is 288 g/mol. The largest absolute Gasteiger partial charge is 0.329 e. The number of benzene rings is 1. The number of hydrogen-bond acceptors (Lipinski definition) is 2. The summed E-state index contributed by atoms with van der Waals surface area (Å²) >= 11 is 0. The summed E-state index contributed by atoms with van der Waals surface area (Å²) in [7, 11) is 0. The van der Waals surface area contributed by atoms with Crippen molar-refractivity contribution in [3.8, 4) is 0 Å². The summed E-state index contributed by atoms with van der Waals surface area (Å²) in [5, 5.41) is 0. The second kappa shape index (κ2) is 9.22. The first-order valence-corrected chi connectivity index (χ1v) is 8.86. The number of hydrogen-bond donors (Lipinski definition) is 1. The van der Waals surface area contributed by atoms with Gasteiger partial charge in [0.1, 0.15) is 0 Å². The minimum Gasteiger partial charge on any atom is -0.329 e. The Labute approximate surface area is 130 Å². The quantitative estimate of drug-likeness (QED) is 0.693. The molecule has 21 heavy (non-hydrogen) atoms. The molecule has 1 aromatic carbocycles. The summed E-state index contributed by atoms with van der Waals surface area (Å²) < 4.78 is 0. The van der Waals surface area contributed by atoms with Gasteiger partial charge in [-0.2, -0.15) is 0 Å². The molecule has 1 aliphatic heterocycles. The Bertz CT molecular complexity index is 402. The molecule has 0 spiro atoms. The normalized spacial score (nSPS) is 18.7. The van der Waals surface area contributed by atoms with Crippen LogP contribution in [0.3, 0.4) is 0 Å². The number of nitrogens with two attached hydrogens (primary N) is 1. The maximum atomic E-state index is 5.99. The topological polar surface area (TPSA) is 29.3 Å². The zero-order valence-corrected chi connectivity index (χ0v) is 13.7. The molecule has 0 radical (unpaired) electrons. The molecule has 0 aromatic heterocycles. The van der Waals surface area contributed by atoms with Crippen LogP contribution in [0.2, 0.25) is 0 Å². The van der Waals surface area contributed by atoms with E-state index < -0.39 is 0 Å². The van der Waals surface area contributed by atoms with Gasteiger partial charge >= 0.3 is 0 Å². The minimum absolute atomic E-state index is 0.542. The van der Waals surface area contributed by atoms with Crippen LogP contribution in [-0.4, -0.2) is 24.0 Å². The molecule has 1 aliphatic rings. The standard InChI is InChI=1S/C19H32N2/c1-2-3-4-5-6-7-10-13-21-16-18-12-9-8-11-17(18)14-19(21)15-20/h8-9,11-12,19H,2-7,10,13-16,20H2,1H3. The van der Waals surface area contributed by atoms with E-state index >= 15 is 0 Å². The van der Waals surface area contributed by atoms with E-state index in [1.165, 1.54) is 62.6 Å². The SMILES string of the molecule is CCCCCCCCCN1Cc2ccccc2CC1CN. The van der Waals surface area contributed by atoms with Crippen LogP contribution >= 0.6 is 0 Å². The van der Waals surface area contributed by atoms with Gasteiger partial charge in [-0.1, -0.05) is 69.7 Å². The lowest BCUT2D eigenvalue weighted by molar-refractivity contribution is 0.172. The van der Waals surface area contributed by atoms with Gasteiger partial charge in [-0.25, -0.2) is 0 Å². The third-order valence-corrected chi connectivity index (χ3v) is 4.78. The van der Waals surface area contributed by atoms with Gasteiger partial charge in [-0.15, -0.1) is 0 Å². The van der Waals surface area contributed by atoms with Crippen molar-refractivity contribution >= 4 is 0 Å². The van der Waals surface area contributed by atoms with Crippen LogP contribution in [0.5, 0.6) is 0 Å². The van der Waals surface area contributed by atoms with Gasteiger partial charge in [0.2, 0.25) is 0 Å². The summed E-state index contributed by atoms with van der Waals surface area (Å²) in [6.45, 7) is 5.36. The van der Waals surface area contributed by atoms with Gasteiger partial charge < -0.3 is 5.73 Å². The molecular formula is C19H32N2. The van der Waals surface area contributed by atoms with E-state index in [2.05, 4.69) is 36.1 Å². The van der Waals surface area contributed by atoms with Crippen LogP contribution in [0.15, 0.2) is 24.3 Å². The average Bonchev–Trinajstić information content (AvgIpc) is 2.53. The molecule has 1 unspecified atom stereocenters. The van der Waals surface area contributed by atoms with E-state index in [0.29, 0.717) is 6.04 Å². The smallest absolute Gasteiger partial charge is 0.0262 e.